The van der Waals surface area contributed by atoms with E-state index >= 15 is 0 Å². The van der Waals surface area contributed by atoms with E-state index < -0.39 is 6.36 Å². The molecule has 0 saturated carbocycles. The Morgan fingerprint density at radius 3 is 2.29 bits per heavy atom. The summed E-state index contributed by atoms with van der Waals surface area (Å²) >= 11 is 0. The molecule has 21 heavy (non-hydrogen) atoms. The molecule has 2 atom stereocenters. The second-order valence-electron chi connectivity index (χ2n) is 5.07. The van der Waals surface area contributed by atoms with Gasteiger partial charge in [-0.1, -0.05) is 39.0 Å². The van der Waals surface area contributed by atoms with Crippen LogP contribution < -0.4 is 10.1 Å². The molecular formula is C15H22F3NO2. The molecule has 2 unspecified atom stereocenters. The van der Waals surface area contributed by atoms with E-state index in [0.717, 1.165) is 0 Å². The van der Waals surface area contributed by atoms with Gasteiger partial charge in [0, 0.05) is 12.7 Å². The lowest BCUT2D eigenvalue weighted by Gasteiger charge is -2.31. The van der Waals surface area contributed by atoms with Crippen LogP contribution in [0.1, 0.15) is 32.4 Å². The predicted molar refractivity (Wildman–Crippen MR) is 75.2 cm³/mol. The van der Waals surface area contributed by atoms with Crippen LogP contribution in [0.3, 0.4) is 0 Å². The van der Waals surface area contributed by atoms with Crippen molar-refractivity contribution in [2.75, 3.05) is 13.7 Å². The fraction of sp³-hybridized carbons (Fsp3) is 0.600. The molecule has 0 aliphatic rings. The van der Waals surface area contributed by atoms with E-state index in [1.165, 1.54) is 12.1 Å². The molecule has 0 aliphatic carbocycles. The Labute approximate surface area is 123 Å². The first-order valence-electron chi connectivity index (χ1n) is 6.91. The zero-order valence-electron chi connectivity index (χ0n) is 12.7. The zero-order valence-corrected chi connectivity index (χ0v) is 12.7. The minimum Gasteiger partial charge on any atom is -0.405 e. The third kappa shape index (κ3) is 5.21. The van der Waals surface area contributed by atoms with Gasteiger partial charge < -0.3 is 14.8 Å². The molecule has 6 heteroatoms. The number of methoxy groups -OCH3 is 1. The summed E-state index contributed by atoms with van der Waals surface area (Å²) in [5.74, 6) is -0.0587. The molecule has 0 radical (unpaired) electrons. The zero-order chi connectivity index (χ0) is 16.0. The van der Waals surface area contributed by atoms with Crippen molar-refractivity contribution in [3.05, 3.63) is 29.8 Å². The van der Waals surface area contributed by atoms with Gasteiger partial charge in [-0.25, -0.2) is 0 Å². The number of rotatable bonds is 7. The number of alkyl halides is 3. The summed E-state index contributed by atoms with van der Waals surface area (Å²) < 4.78 is 47.2. The van der Waals surface area contributed by atoms with Crippen LogP contribution in [0.15, 0.2) is 24.3 Å². The lowest BCUT2D eigenvalue weighted by Crippen LogP contribution is -2.37. The second kappa shape index (κ2) is 7.66. The minimum absolute atomic E-state index is 0.137. The molecule has 0 bridgehead atoms. The number of ether oxygens (including phenoxy) is 2. The first kappa shape index (κ1) is 17.8. The number of likely N-dealkylation sites (N-methyl/N-ethyl adjacent to an activating group) is 1. The fourth-order valence-corrected chi connectivity index (χ4v) is 2.37. The Hall–Kier alpha value is -1.27. The maximum absolute atomic E-state index is 12.5. The van der Waals surface area contributed by atoms with Gasteiger partial charge >= 0.3 is 6.36 Å². The molecular weight excluding hydrogens is 283 g/mol. The van der Waals surface area contributed by atoms with Crippen LogP contribution >= 0.6 is 0 Å². The van der Waals surface area contributed by atoms with Crippen LogP contribution in [0.25, 0.3) is 0 Å². The molecule has 120 valence electrons. The summed E-state index contributed by atoms with van der Waals surface area (Å²) in [7, 11) is 1.56. The first-order chi connectivity index (χ1) is 9.80. The van der Waals surface area contributed by atoms with E-state index in [2.05, 4.69) is 10.1 Å². The van der Waals surface area contributed by atoms with Crippen molar-refractivity contribution in [2.45, 2.75) is 39.3 Å². The van der Waals surface area contributed by atoms with Crippen LogP contribution in [0.2, 0.25) is 0 Å². The number of benzene rings is 1. The van der Waals surface area contributed by atoms with Crippen molar-refractivity contribution in [3.63, 3.8) is 0 Å². The number of hydrogen-bond donors (Lipinski definition) is 1. The lowest BCUT2D eigenvalue weighted by atomic mass is 9.92. The van der Waals surface area contributed by atoms with Gasteiger partial charge in [0.1, 0.15) is 5.75 Å². The highest BCUT2D eigenvalue weighted by Gasteiger charge is 2.34. The minimum atomic E-state index is -4.72. The average molecular weight is 305 g/mol. The molecule has 1 rings (SSSR count). The summed E-state index contributed by atoms with van der Waals surface area (Å²) in [6.07, 6.45) is -4.98. The summed E-state index contributed by atoms with van der Waals surface area (Å²) in [6, 6.07) is 5.78. The van der Waals surface area contributed by atoms with E-state index in [0.29, 0.717) is 12.1 Å². The van der Waals surface area contributed by atoms with E-state index in [4.69, 9.17) is 4.74 Å². The number of halogens is 3. The molecule has 0 spiro atoms. The predicted octanol–water partition coefficient (Wildman–Crippen LogP) is 3.91. The maximum atomic E-state index is 12.5. The Kier molecular flexibility index (Phi) is 6.48. The Morgan fingerprint density at radius 1 is 1.19 bits per heavy atom. The normalized spacial score (nSPS) is 15.0. The van der Waals surface area contributed by atoms with E-state index in [1.54, 1.807) is 19.2 Å². The van der Waals surface area contributed by atoms with Gasteiger partial charge in [-0.2, -0.15) is 0 Å². The van der Waals surface area contributed by atoms with E-state index in [1.807, 2.05) is 20.8 Å². The smallest absolute Gasteiger partial charge is 0.405 e. The first-order valence-corrected chi connectivity index (χ1v) is 6.91. The van der Waals surface area contributed by atoms with Gasteiger partial charge in [0.25, 0.3) is 0 Å². The Balaban J connectivity index is 3.18. The maximum Gasteiger partial charge on any atom is 0.573 e. The topological polar surface area (TPSA) is 30.5 Å². The SMILES string of the molecule is CCNC(c1ccccc1OC(F)(F)F)C(OC)C(C)C. The third-order valence-electron chi connectivity index (χ3n) is 3.16. The number of para-hydroxylation sites is 1. The molecule has 1 aromatic carbocycles. The molecule has 0 fully saturated rings. The van der Waals surface area contributed by atoms with Crippen molar-refractivity contribution in [1.29, 1.82) is 0 Å². The van der Waals surface area contributed by atoms with Crippen LogP contribution in [-0.4, -0.2) is 26.1 Å². The summed E-state index contributed by atoms with van der Waals surface area (Å²) in [4.78, 5) is 0. The summed E-state index contributed by atoms with van der Waals surface area (Å²) in [5.41, 5.74) is 0.442. The van der Waals surface area contributed by atoms with Crippen molar-refractivity contribution < 1.29 is 22.6 Å². The molecule has 0 heterocycles. The van der Waals surface area contributed by atoms with Gasteiger partial charge in [-0.05, 0) is 18.5 Å². The lowest BCUT2D eigenvalue weighted by molar-refractivity contribution is -0.275. The van der Waals surface area contributed by atoms with Gasteiger partial charge in [0.2, 0.25) is 0 Å². The van der Waals surface area contributed by atoms with Crippen LogP contribution in [0.4, 0.5) is 13.2 Å². The van der Waals surface area contributed by atoms with Crippen molar-refractivity contribution >= 4 is 0 Å². The summed E-state index contributed by atoms with van der Waals surface area (Å²) in [5, 5.41) is 3.19. The Bertz CT molecular complexity index is 435. The largest absolute Gasteiger partial charge is 0.573 e. The molecule has 0 aromatic heterocycles. The third-order valence-corrected chi connectivity index (χ3v) is 3.16. The van der Waals surface area contributed by atoms with Gasteiger partial charge in [0.15, 0.2) is 0 Å². The monoisotopic (exact) mass is 305 g/mol. The number of nitrogens with one attached hydrogen (secondary N) is 1. The van der Waals surface area contributed by atoms with Crippen LogP contribution in [-0.2, 0) is 4.74 Å². The van der Waals surface area contributed by atoms with E-state index in [-0.39, 0.29) is 23.8 Å². The number of hydrogen-bond acceptors (Lipinski definition) is 3. The molecule has 0 amide bonds. The molecule has 1 N–H and O–H groups in total. The highest BCUT2D eigenvalue weighted by atomic mass is 19.4. The summed E-state index contributed by atoms with van der Waals surface area (Å²) in [6.45, 7) is 6.43. The quantitative estimate of drug-likeness (QED) is 0.828. The highest BCUT2D eigenvalue weighted by Crippen LogP contribution is 2.34. The van der Waals surface area contributed by atoms with Crippen LogP contribution in [0.5, 0.6) is 5.75 Å². The average Bonchev–Trinajstić information content (AvgIpc) is 2.37. The molecule has 3 nitrogen and oxygen atoms in total. The van der Waals surface area contributed by atoms with Crippen molar-refractivity contribution in [3.8, 4) is 5.75 Å². The van der Waals surface area contributed by atoms with Crippen molar-refractivity contribution in [1.82, 2.24) is 5.32 Å². The highest BCUT2D eigenvalue weighted by molar-refractivity contribution is 5.37. The second-order valence-corrected chi connectivity index (χ2v) is 5.07. The molecule has 1 aromatic rings. The van der Waals surface area contributed by atoms with Gasteiger partial charge in [-0.15, -0.1) is 13.2 Å². The van der Waals surface area contributed by atoms with E-state index in [9.17, 15) is 13.2 Å². The molecule has 0 saturated heterocycles. The van der Waals surface area contributed by atoms with Gasteiger partial charge in [-0.3, -0.25) is 0 Å². The van der Waals surface area contributed by atoms with Crippen molar-refractivity contribution in [2.24, 2.45) is 5.92 Å². The Morgan fingerprint density at radius 2 is 1.81 bits per heavy atom. The fourth-order valence-electron chi connectivity index (χ4n) is 2.37. The standard InChI is InChI=1S/C15H22F3NO2/c1-5-19-13(14(20-4)10(2)3)11-8-6-7-9-12(11)21-15(16,17)18/h6-10,13-14,19H,5H2,1-4H3. The van der Waals surface area contributed by atoms with Crippen LogP contribution in [0, 0.1) is 5.92 Å². The van der Waals surface area contributed by atoms with Gasteiger partial charge in [0.05, 0.1) is 12.1 Å². The molecule has 0 aliphatic heterocycles.